The molecular weight excluding hydrogens is 333 g/mol. The summed E-state index contributed by atoms with van der Waals surface area (Å²) in [5.74, 6) is -2.63. The van der Waals surface area contributed by atoms with E-state index in [1.54, 1.807) is 0 Å². The zero-order chi connectivity index (χ0) is 18.1. The van der Waals surface area contributed by atoms with Crippen molar-refractivity contribution in [2.75, 3.05) is 11.4 Å². The van der Waals surface area contributed by atoms with Crippen LogP contribution in [-0.4, -0.2) is 52.4 Å². The first-order valence-corrected chi connectivity index (χ1v) is 7.80. The van der Waals surface area contributed by atoms with Gasteiger partial charge in [-0.1, -0.05) is 0 Å². The highest BCUT2D eigenvalue weighted by atomic mass is 19.1. The quantitative estimate of drug-likeness (QED) is 0.833. The van der Waals surface area contributed by atoms with Crippen LogP contribution in [0.2, 0.25) is 0 Å². The van der Waals surface area contributed by atoms with E-state index < -0.39 is 41.7 Å². The molecule has 0 saturated carbocycles. The number of carboxylic acid groups (broad SMARTS) is 1. The second kappa shape index (κ2) is 6.50. The Hall–Kier alpha value is -2.97. The van der Waals surface area contributed by atoms with E-state index in [-0.39, 0.29) is 25.1 Å². The summed E-state index contributed by atoms with van der Waals surface area (Å²) in [5, 5.41) is 11.4. The summed E-state index contributed by atoms with van der Waals surface area (Å²) >= 11 is 0. The van der Waals surface area contributed by atoms with Crippen molar-refractivity contribution in [2.45, 2.75) is 31.3 Å². The average Bonchev–Trinajstić information content (AvgIpc) is 2.98. The van der Waals surface area contributed by atoms with Gasteiger partial charge in [-0.25, -0.2) is 14.1 Å². The van der Waals surface area contributed by atoms with Gasteiger partial charge >= 0.3 is 12.0 Å². The summed E-state index contributed by atoms with van der Waals surface area (Å²) in [7, 11) is 0. The molecule has 0 unspecified atom stereocenters. The number of halogens is 1. The number of amides is 4. The molecule has 8 nitrogen and oxygen atoms in total. The summed E-state index contributed by atoms with van der Waals surface area (Å²) in [6, 6.07) is 2.85. The van der Waals surface area contributed by atoms with E-state index in [9.17, 15) is 23.6 Å². The number of anilines is 1. The monoisotopic (exact) mass is 349 g/mol. The second-order valence-corrected chi connectivity index (χ2v) is 5.92. The van der Waals surface area contributed by atoms with Crippen molar-refractivity contribution in [3.8, 4) is 0 Å². The van der Waals surface area contributed by atoms with Crippen LogP contribution in [0.5, 0.6) is 0 Å². The molecule has 1 aromatic carbocycles. The van der Waals surface area contributed by atoms with Gasteiger partial charge in [0.15, 0.2) is 0 Å². The molecule has 1 aromatic rings. The lowest BCUT2D eigenvalue weighted by Gasteiger charge is -2.36. The smallest absolute Gasteiger partial charge is 0.329 e. The third-order valence-corrected chi connectivity index (χ3v) is 4.34. The van der Waals surface area contributed by atoms with Crippen molar-refractivity contribution in [3.05, 3.63) is 30.1 Å². The van der Waals surface area contributed by atoms with Gasteiger partial charge in [-0.2, -0.15) is 0 Å². The molecule has 2 fully saturated rings. The predicted octanol–water partition coefficient (Wildman–Crippen LogP) is 0.716. The molecule has 0 aliphatic carbocycles. The Balaban J connectivity index is 1.82. The van der Waals surface area contributed by atoms with Crippen LogP contribution in [0.25, 0.3) is 0 Å². The Labute approximate surface area is 142 Å². The highest BCUT2D eigenvalue weighted by Gasteiger charge is 2.49. The van der Waals surface area contributed by atoms with Crippen LogP contribution in [0.15, 0.2) is 24.3 Å². The van der Waals surface area contributed by atoms with Gasteiger partial charge in [0.1, 0.15) is 11.9 Å². The number of nitrogens with one attached hydrogen (secondary N) is 1. The zero-order valence-corrected chi connectivity index (χ0v) is 13.1. The third-order valence-electron chi connectivity index (χ3n) is 4.34. The molecule has 2 aliphatic heterocycles. The topological polar surface area (TPSA) is 107 Å². The first-order valence-electron chi connectivity index (χ1n) is 7.80. The van der Waals surface area contributed by atoms with Crippen LogP contribution in [0.4, 0.5) is 14.9 Å². The van der Waals surface area contributed by atoms with E-state index in [1.807, 2.05) is 0 Å². The van der Waals surface area contributed by atoms with Crippen LogP contribution in [0, 0.1) is 5.82 Å². The minimum Gasteiger partial charge on any atom is -0.481 e. The number of likely N-dealkylation sites (tertiary alicyclic amines) is 1. The molecule has 0 bridgehead atoms. The zero-order valence-electron chi connectivity index (χ0n) is 13.1. The highest BCUT2D eigenvalue weighted by molar-refractivity contribution is 6.19. The van der Waals surface area contributed by atoms with Gasteiger partial charge in [-0.05, 0) is 30.7 Å². The van der Waals surface area contributed by atoms with Gasteiger partial charge in [-0.15, -0.1) is 0 Å². The Morgan fingerprint density at radius 1 is 1.20 bits per heavy atom. The van der Waals surface area contributed by atoms with Crippen molar-refractivity contribution < 1.29 is 28.7 Å². The third kappa shape index (κ3) is 3.17. The van der Waals surface area contributed by atoms with E-state index >= 15 is 0 Å². The van der Waals surface area contributed by atoms with Gasteiger partial charge in [0.2, 0.25) is 5.91 Å². The lowest BCUT2D eigenvalue weighted by Crippen LogP contribution is -2.65. The van der Waals surface area contributed by atoms with Gasteiger partial charge in [0.25, 0.3) is 5.91 Å². The second-order valence-electron chi connectivity index (χ2n) is 5.92. The molecule has 2 saturated heterocycles. The molecule has 9 heteroatoms. The average molecular weight is 349 g/mol. The maximum absolute atomic E-state index is 13.1. The molecule has 132 valence electrons. The minimum atomic E-state index is -1.10. The number of fused-ring (bicyclic) bond motifs is 1. The van der Waals surface area contributed by atoms with Crippen LogP contribution in [0.1, 0.15) is 19.3 Å². The molecule has 4 amide bonds. The lowest BCUT2D eigenvalue weighted by atomic mass is 10.0. The van der Waals surface area contributed by atoms with Crippen molar-refractivity contribution in [1.29, 1.82) is 0 Å². The standard InChI is InChI=1S/C16H16FN3O5/c17-9-1-3-10(4-2-9)20-15(24)14-11(18-16(20)25)7-8-19(14)12(21)5-6-13(22)23/h1-4,11,14H,5-8H2,(H,18,25)(H,22,23)/t11-,14+/m1/s1. The van der Waals surface area contributed by atoms with Crippen LogP contribution < -0.4 is 10.2 Å². The van der Waals surface area contributed by atoms with Crippen LogP contribution in [0.3, 0.4) is 0 Å². The predicted molar refractivity (Wildman–Crippen MR) is 83.2 cm³/mol. The van der Waals surface area contributed by atoms with E-state index in [4.69, 9.17) is 5.11 Å². The largest absolute Gasteiger partial charge is 0.481 e. The summed E-state index contributed by atoms with van der Waals surface area (Å²) in [4.78, 5) is 50.1. The number of aliphatic carboxylic acids is 1. The number of urea groups is 1. The molecule has 2 aliphatic rings. The molecule has 2 heterocycles. The Morgan fingerprint density at radius 3 is 2.52 bits per heavy atom. The molecule has 0 radical (unpaired) electrons. The maximum Gasteiger partial charge on any atom is 0.329 e. The first-order chi connectivity index (χ1) is 11.9. The van der Waals surface area contributed by atoms with E-state index in [0.29, 0.717) is 6.42 Å². The summed E-state index contributed by atoms with van der Waals surface area (Å²) in [6.07, 6.45) is -0.122. The molecule has 0 spiro atoms. The number of carboxylic acids is 1. The number of rotatable bonds is 4. The van der Waals surface area contributed by atoms with Crippen LogP contribution in [-0.2, 0) is 14.4 Å². The van der Waals surface area contributed by atoms with Gasteiger partial charge in [0.05, 0.1) is 18.2 Å². The number of imide groups is 1. The van der Waals surface area contributed by atoms with Gasteiger partial charge in [0, 0.05) is 13.0 Å². The lowest BCUT2D eigenvalue weighted by molar-refractivity contribution is -0.142. The molecule has 25 heavy (non-hydrogen) atoms. The Bertz CT molecular complexity index is 736. The van der Waals surface area contributed by atoms with Crippen molar-refractivity contribution in [2.24, 2.45) is 0 Å². The highest BCUT2D eigenvalue weighted by Crippen LogP contribution is 2.28. The van der Waals surface area contributed by atoms with Crippen molar-refractivity contribution in [1.82, 2.24) is 10.2 Å². The Morgan fingerprint density at radius 2 is 1.88 bits per heavy atom. The van der Waals surface area contributed by atoms with Crippen molar-refractivity contribution in [3.63, 3.8) is 0 Å². The Kier molecular flexibility index (Phi) is 4.39. The van der Waals surface area contributed by atoms with E-state index in [2.05, 4.69) is 5.32 Å². The fraction of sp³-hybridized carbons (Fsp3) is 0.375. The number of carbonyl (C=O) groups is 4. The minimum absolute atomic E-state index is 0.201. The number of hydrogen-bond acceptors (Lipinski definition) is 4. The maximum atomic E-state index is 13.1. The summed E-state index contributed by atoms with van der Waals surface area (Å²) in [5.41, 5.74) is 0.201. The number of carbonyl (C=O) groups excluding carboxylic acids is 3. The normalized spacial score (nSPS) is 22.6. The number of hydrogen-bond donors (Lipinski definition) is 2. The van der Waals surface area contributed by atoms with Crippen molar-refractivity contribution >= 4 is 29.5 Å². The summed E-state index contributed by atoms with van der Waals surface area (Å²) in [6.45, 7) is 0.261. The van der Waals surface area contributed by atoms with Gasteiger partial charge in [-0.3, -0.25) is 14.4 Å². The number of nitrogens with zero attached hydrogens (tertiary/aromatic N) is 2. The first kappa shape index (κ1) is 16.9. The van der Waals surface area contributed by atoms with Crippen LogP contribution >= 0.6 is 0 Å². The van der Waals surface area contributed by atoms with Gasteiger partial charge < -0.3 is 15.3 Å². The SMILES string of the molecule is O=C(O)CCC(=O)N1CC[C@H]2NC(=O)N(c3ccc(F)cc3)C(=O)[C@H]21. The molecular formula is C16H16FN3O5. The fourth-order valence-electron chi connectivity index (χ4n) is 3.18. The molecule has 2 N–H and O–H groups in total. The van der Waals surface area contributed by atoms with E-state index in [0.717, 1.165) is 17.0 Å². The fourth-order valence-corrected chi connectivity index (χ4v) is 3.18. The number of benzene rings is 1. The van der Waals surface area contributed by atoms with E-state index in [1.165, 1.54) is 17.0 Å². The molecule has 2 atom stereocenters. The molecule has 3 rings (SSSR count). The molecule has 0 aromatic heterocycles. The summed E-state index contributed by atoms with van der Waals surface area (Å²) < 4.78 is 13.1.